The number of hydrogen-bond acceptors (Lipinski definition) is 6. The fraction of sp³-hybridized carbons (Fsp3) is 0.970. The van der Waals surface area contributed by atoms with E-state index in [4.69, 9.17) is 18.5 Å². The van der Waals surface area contributed by atoms with Gasteiger partial charge < -0.3 is 18.9 Å². The number of esters is 1. The first-order chi connectivity index (χ1) is 20.1. The van der Waals surface area contributed by atoms with Crippen LogP contribution in [0.15, 0.2) is 0 Å². The van der Waals surface area contributed by atoms with E-state index in [1.165, 1.54) is 103 Å². The Labute approximate surface area is 257 Å². The van der Waals surface area contributed by atoms with Crippen LogP contribution in [0.3, 0.4) is 0 Å². The first kappa shape index (κ1) is 37.7. The van der Waals surface area contributed by atoms with Gasteiger partial charge in [-0.15, -0.1) is 0 Å². The molecular weight excluding hydrogens is 553 g/mol. The number of piperidine rings is 1. The molecule has 42 heavy (non-hydrogen) atoms. The van der Waals surface area contributed by atoms with Gasteiger partial charge in [0.05, 0.1) is 45.5 Å². The Morgan fingerprint density at radius 1 is 0.786 bits per heavy atom. The van der Waals surface area contributed by atoms with E-state index in [1.54, 1.807) is 0 Å². The standard InChI is InChI=1S/C33H64NO7P/c1-5-6-7-8-9-10-11-12-13-14-15-16-17-18-19-20-21-24-38-27-33(40-29(2)35)28-39-42(36,37)41-32-25-30-22-23-31(26-32)34(30,3)4/h30-33H,5-28H2,1-4H3/p+1. The Morgan fingerprint density at radius 3 is 1.69 bits per heavy atom. The molecular formula is C33H65NO7P+. The van der Waals surface area contributed by atoms with Crippen molar-refractivity contribution in [3.05, 3.63) is 0 Å². The maximum atomic E-state index is 12.6. The molecule has 0 amide bonds. The van der Waals surface area contributed by atoms with Crippen LogP contribution >= 0.6 is 7.82 Å². The maximum Gasteiger partial charge on any atom is 0.472 e. The summed E-state index contributed by atoms with van der Waals surface area (Å²) in [6, 6.07) is 0.899. The molecule has 8 nitrogen and oxygen atoms in total. The summed E-state index contributed by atoms with van der Waals surface area (Å²) in [5.41, 5.74) is 0. The number of carbonyl (C=O) groups is 1. The highest BCUT2D eigenvalue weighted by Crippen LogP contribution is 2.50. The van der Waals surface area contributed by atoms with Gasteiger partial charge in [-0.05, 0) is 6.42 Å². The molecule has 0 aromatic heterocycles. The lowest BCUT2D eigenvalue weighted by Gasteiger charge is -2.44. The zero-order chi connectivity index (χ0) is 30.7. The van der Waals surface area contributed by atoms with Crippen molar-refractivity contribution in [3.8, 4) is 0 Å². The van der Waals surface area contributed by atoms with Gasteiger partial charge in [0, 0.05) is 39.2 Å². The Bertz CT molecular complexity index is 749. The number of ether oxygens (including phenoxy) is 2. The third-order valence-electron chi connectivity index (χ3n) is 9.52. The van der Waals surface area contributed by atoms with Gasteiger partial charge in [0.1, 0.15) is 6.10 Å². The number of hydrogen-bond donors (Lipinski definition) is 1. The van der Waals surface area contributed by atoms with Crippen molar-refractivity contribution in [3.63, 3.8) is 0 Å². The SMILES string of the molecule is CCCCCCCCCCCCCCCCCCCOCC(COP(=O)(O)OC1CC2CCC(C1)[N+]2(C)C)OC(C)=O. The predicted molar refractivity (Wildman–Crippen MR) is 169 cm³/mol. The van der Waals surface area contributed by atoms with Crippen LogP contribution in [0.5, 0.6) is 0 Å². The Hall–Kier alpha value is -0.500. The van der Waals surface area contributed by atoms with Crippen LogP contribution in [0, 0.1) is 0 Å². The minimum atomic E-state index is -4.26. The average Bonchev–Trinajstić information content (AvgIpc) is 3.07. The average molecular weight is 619 g/mol. The largest absolute Gasteiger partial charge is 0.472 e. The molecule has 0 aromatic carbocycles. The van der Waals surface area contributed by atoms with Crippen molar-refractivity contribution in [2.24, 2.45) is 0 Å². The van der Waals surface area contributed by atoms with Gasteiger partial charge in [-0.25, -0.2) is 4.57 Å². The summed E-state index contributed by atoms with van der Waals surface area (Å²) in [6.45, 7) is 4.07. The van der Waals surface area contributed by atoms with Gasteiger partial charge in [-0.1, -0.05) is 110 Å². The lowest BCUT2D eigenvalue weighted by atomic mass is 9.98. The lowest BCUT2D eigenvalue weighted by Crippen LogP contribution is -2.55. The van der Waals surface area contributed by atoms with Crippen LogP contribution in [-0.2, 0) is 27.9 Å². The molecule has 0 radical (unpaired) electrons. The fourth-order valence-corrected chi connectivity index (χ4v) is 7.77. The van der Waals surface area contributed by atoms with Gasteiger partial charge in [0.25, 0.3) is 0 Å². The quantitative estimate of drug-likeness (QED) is 0.0450. The minimum absolute atomic E-state index is 0.137. The Balaban J connectivity index is 1.45. The summed E-state index contributed by atoms with van der Waals surface area (Å²) in [5, 5.41) is 0. The molecule has 1 N–H and O–H groups in total. The van der Waals surface area contributed by atoms with Crippen molar-refractivity contribution in [2.45, 2.75) is 173 Å². The van der Waals surface area contributed by atoms with Crippen LogP contribution in [0.4, 0.5) is 0 Å². The summed E-state index contributed by atoms with van der Waals surface area (Å²) in [5.74, 6) is -0.470. The summed E-state index contributed by atoms with van der Waals surface area (Å²) < 4.78 is 35.4. The van der Waals surface area contributed by atoms with E-state index in [2.05, 4.69) is 21.0 Å². The maximum absolute atomic E-state index is 12.6. The molecule has 2 saturated heterocycles. The topological polar surface area (TPSA) is 91.3 Å². The molecule has 2 bridgehead atoms. The van der Waals surface area contributed by atoms with Crippen molar-refractivity contribution in [1.82, 2.24) is 0 Å². The first-order valence-corrected chi connectivity index (χ1v) is 18.9. The van der Waals surface area contributed by atoms with E-state index in [-0.39, 0.29) is 19.3 Å². The molecule has 0 saturated carbocycles. The highest BCUT2D eigenvalue weighted by molar-refractivity contribution is 7.47. The summed E-state index contributed by atoms with van der Waals surface area (Å²) in [7, 11) is 0.209. The molecule has 9 heteroatoms. The number of rotatable bonds is 26. The minimum Gasteiger partial charge on any atom is -0.458 e. The summed E-state index contributed by atoms with van der Waals surface area (Å²) >= 11 is 0. The molecule has 248 valence electrons. The van der Waals surface area contributed by atoms with Gasteiger partial charge in [-0.3, -0.25) is 13.8 Å². The van der Waals surface area contributed by atoms with E-state index in [0.29, 0.717) is 18.7 Å². The zero-order valence-corrected chi connectivity index (χ0v) is 28.5. The molecule has 2 fully saturated rings. The zero-order valence-electron chi connectivity index (χ0n) is 27.6. The third-order valence-corrected chi connectivity index (χ3v) is 10.6. The van der Waals surface area contributed by atoms with E-state index < -0.39 is 19.9 Å². The normalized spacial score (nSPS) is 23.5. The highest BCUT2D eigenvalue weighted by atomic mass is 31.2. The van der Waals surface area contributed by atoms with Crippen LogP contribution < -0.4 is 0 Å². The van der Waals surface area contributed by atoms with Crippen LogP contribution in [0.2, 0.25) is 0 Å². The number of unbranched alkanes of at least 4 members (excludes halogenated alkanes) is 16. The number of fused-ring (bicyclic) bond motifs is 2. The van der Waals surface area contributed by atoms with Crippen molar-refractivity contribution >= 4 is 13.8 Å². The van der Waals surface area contributed by atoms with Crippen molar-refractivity contribution < 1.29 is 37.3 Å². The molecule has 0 spiro atoms. The molecule has 2 aliphatic heterocycles. The van der Waals surface area contributed by atoms with E-state index in [9.17, 15) is 14.3 Å². The monoisotopic (exact) mass is 618 g/mol. The molecule has 4 atom stereocenters. The molecule has 0 aromatic rings. The first-order valence-electron chi connectivity index (χ1n) is 17.4. The van der Waals surface area contributed by atoms with Crippen molar-refractivity contribution in [1.29, 1.82) is 0 Å². The van der Waals surface area contributed by atoms with Gasteiger partial charge in [-0.2, -0.15) is 0 Å². The van der Waals surface area contributed by atoms with Gasteiger partial charge in [0.2, 0.25) is 0 Å². The van der Waals surface area contributed by atoms with E-state index >= 15 is 0 Å². The summed E-state index contributed by atoms with van der Waals surface area (Å²) in [6.07, 6.45) is 25.3. The highest BCUT2D eigenvalue weighted by Gasteiger charge is 2.50. The predicted octanol–water partition coefficient (Wildman–Crippen LogP) is 8.49. The van der Waals surface area contributed by atoms with Gasteiger partial charge >= 0.3 is 13.8 Å². The number of carbonyl (C=O) groups excluding carboxylic acids is 1. The van der Waals surface area contributed by atoms with Crippen LogP contribution in [-0.4, -0.2) is 73.6 Å². The van der Waals surface area contributed by atoms with Crippen molar-refractivity contribution in [2.75, 3.05) is 33.9 Å². The van der Waals surface area contributed by atoms with Gasteiger partial charge in [0.15, 0.2) is 0 Å². The number of phosphoric acid groups is 1. The fourth-order valence-electron chi connectivity index (χ4n) is 6.81. The third kappa shape index (κ3) is 16.0. The number of phosphoric ester groups is 1. The molecule has 2 heterocycles. The molecule has 2 aliphatic rings. The second-order valence-electron chi connectivity index (χ2n) is 13.4. The smallest absolute Gasteiger partial charge is 0.458 e. The second kappa shape index (κ2) is 21.3. The van der Waals surface area contributed by atoms with E-state index in [1.807, 2.05) is 0 Å². The second-order valence-corrected chi connectivity index (χ2v) is 14.8. The lowest BCUT2D eigenvalue weighted by molar-refractivity contribution is -0.931. The van der Waals surface area contributed by atoms with Crippen LogP contribution in [0.25, 0.3) is 0 Å². The van der Waals surface area contributed by atoms with E-state index in [0.717, 1.165) is 43.0 Å². The summed E-state index contributed by atoms with van der Waals surface area (Å²) in [4.78, 5) is 21.9. The number of quaternary nitrogens is 1. The van der Waals surface area contributed by atoms with Crippen LogP contribution in [0.1, 0.15) is 149 Å². The Kier molecular flexibility index (Phi) is 19.1. The molecule has 4 unspecified atom stereocenters. The Morgan fingerprint density at radius 2 is 1.24 bits per heavy atom. The molecule has 0 aliphatic carbocycles. The number of nitrogens with zero attached hydrogens (tertiary/aromatic N) is 1. The molecule has 2 rings (SSSR count).